The fourth-order valence-electron chi connectivity index (χ4n) is 1.28. The molecule has 1 atom stereocenters. The fraction of sp³-hybridized carbons (Fsp3) is 0.111. The number of hydrogen-bond donors (Lipinski definition) is 4. The SMILES string of the molecule is OC1=CC(O)(c2ccccc2)NN1. The highest BCUT2D eigenvalue weighted by Gasteiger charge is 2.31. The highest BCUT2D eigenvalue weighted by molar-refractivity contribution is 5.28. The second-order valence-corrected chi connectivity index (χ2v) is 2.91. The first-order valence-corrected chi connectivity index (χ1v) is 3.94. The van der Waals surface area contributed by atoms with E-state index in [0.717, 1.165) is 0 Å². The lowest BCUT2D eigenvalue weighted by atomic mass is 10.0. The molecule has 0 bridgehead atoms. The van der Waals surface area contributed by atoms with Crippen LogP contribution in [0.1, 0.15) is 5.56 Å². The lowest BCUT2D eigenvalue weighted by Crippen LogP contribution is -2.42. The van der Waals surface area contributed by atoms with Crippen LogP contribution < -0.4 is 10.9 Å². The van der Waals surface area contributed by atoms with E-state index < -0.39 is 5.72 Å². The summed E-state index contributed by atoms with van der Waals surface area (Å²) in [6.07, 6.45) is 1.31. The van der Waals surface area contributed by atoms with Gasteiger partial charge in [-0.15, -0.1) is 0 Å². The first kappa shape index (κ1) is 8.10. The molecule has 0 spiro atoms. The summed E-state index contributed by atoms with van der Waals surface area (Å²) in [5.41, 5.74) is 4.35. The van der Waals surface area contributed by atoms with E-state index in [1.165, 1.54) is 6.08 Å². The van der Waals surface area contributed by atoms with Crippen LogP contribution in [0.2, 0.25) is 0 Å². The van der Waals surface area contributed by atoms with Crippen molar-refractivity contribution < 1.29 is 10.2 Å². The second-order valence-electron chi connectivity index (χ2n) is 2.91. The number of hydrogen-bond acceptors (Lipinski definition) is 4. The fourth-order valence-corrected chi connectivity index (χ4v) is 1.28. The summed E-state index contributed by atoms with van der Waals surface area (Å²) in [5, 5.41) is 19.0. The smallest absolute Gasteiger partial charge is 0.199 e. The zero-order valence-electron chi connectivity index (χ0n) is 6.86. The Morgan fingerprint density at radius 1 is 1.15 bits per heavy atom. The standard InChI is InChI=1S/C9H10N2O2/c12-8-6-9(13,11-10-8)7-4-2-1-3-5-7/h1-6,10-13H. The molecule has 0 radical (unpaired) electrons. The Kier molecular flexibility index (Phi) is 1.72. The van der Waals surface area contributed by atoms with E-state index >= 15 is 0 Å². The number of rotatable bonds is 1. The van der Waals surface area contributed by atoms with Gasteiger partial charge in [-0.3, -0.25) is 5.43 Å². The van der Waals surface area contributed by atoms with E-state index in [0.29, 0.717) is 5.56 Å². The van der Waals surface area contributed by atoms with Gasteiger partial charge in [-0.1, -0.05) is 30.3 Å². The van der Waals surface area contributed by atoms with Crippen molar-refractivity contribution in [3.05, 3.63) is 47.9 Å². The molecule has 4 nitrogen and oxygen atoms in total. The summed E-state index contributed by atoms with van der Waals surface area (Å²) < 4.78 is 0. The lowest BCUT2D eigenvalue weighted by Gasteiger charge is -2.20. The molecule has 0 amide bonds. The first-order valence-electron chi connectivity index (χ1n) is 3.94. The van der Waals surface area contributed by atoms with E-state index in [-0.39, 0.29) is 5.88 Å². The zero-order chi connectivity index (χ0) is 9.31. The molecule has 1 aliphatic rings. The minimum absolute atomic E-state index is 0.0775. The van der Waals surface area contributed by atoms with Gasteiger partial charge in [0.1, 0.15) is 0 Å². The van der Waals surface area contributed by atoms with E-state index in [9.17, 15) is 5.11 Å². The van der Waals surface area contributed by atoms with Gasteiger partial charge in [-0.25, -0.2) is 0 Å². The maximum Gasteiger partial charge on any atom is 0.199 e. The van der Waals surface area contributed by atoms with Crippen LogP contribution >= 0.6 is 0 Å². The summed E-state index contributed by atoms with van der Waals surface area (Å²) >= 11 is 0. The van der Waals surface area contributed by atoms with E-state index in [1.807, 2.05) is 18.2 Å². The molecule has 1 aromatic rings. The van der Waals surface area contributed by atoms with Crippen LogP contribution in [0.15, 0.2) is 42.3 Å². The van der Waals surface area contributed by atoms with Crippen molar-refractivity contribution in [2.75, 3.05) is 0 Å². The monoisotopic (exact) mass is 178 g/mol. The van der Waals surface area contributed by atoms with E-state index in [2.05, 4.69) is 10.9 Å². The third-order valence-electron chi connectivity index (χ3n) is 1.94. The molecule has 4 N–H and O–H groups in total. The molecule has 1 aliphatic heterocycles. The molecular formula is C9H10N2O2. The molecule has 0 saturated heterocycles. The third-order valence-corrected chi connectivity index (χ3v) is 1.94. The minimum atomic E-state index is -1.31. The van der Waals surface area contributed by atoms with Crippen LogP contribution in [0, 0.1) is 0 Å². The Morgan fingerprint density at radius 2 is 1.85 bits per heavy atom. The molecule has 68 valence electrons. The predicted molar refractivity (Wildman–Crippen MR) is 47.3 cm³/mol. The lowest BCUT2D eigenvalue weighted by molar-refractivity contribution is 0.0523. The van der Waals surface area contributed by atoms with Gasteiger partial charge in [0.05, 0.1) is 0 Å². The Morgan fingerprint density at radius 3 is 2.38 bits per heavy atom. The average molecular weight is 178 g/mol. The topological polar surface area (TPSA) is 64.5 Å². The third kappa shape index (κ3) is 1.37. The quantitative estimate of drug-likeness (QED) is 0.500. The maximum absolute atomic E-state index is 9.92. The van der Waals surface area contributed by atoms with Crippen LogP contribution in [-0.4, -0.2) is 10.2 Å². The zero-order valence-corrected chi connectivity index (χ0v) is 6.86. The maximum atomic E-state index is 9.92. The summed E-state index contributed by atoms with van der Waals surface area (Å²) in [6, 6.07) is 9.03. The summed E-state index contributed by atoms with van der Waals surface area (Å²) in [4.78, 5) is 0. The molecule has 0 aliphatic carbocycles. The van der Waals surface area contributed by atoms with Gasteiger partial charge in [-0.05, 0) is 0 Å². The predicted octanol–water partition coefficient (Wildman–Crippen LogP) is 0.339. The van der Waals surface area contributed by atoms with Crippen LogP contribution in [0.3, 0.4) is 0 Å². The van der Waals surface area contributed by atoms with Gasteiger partial charge in [0.15, 0.2) is 11.6 Å². The minimum Gasteiger partial charge on any atom is -0.494 e. The molecule has 13 heavy (non-hydrogen) atoms. The van der Waals surface area contributed by atoms with Gasteiger partial charge < -0.3 is 10.2 Å². The van der Waals surface area contributed by atoms with Crippen LogP contribution in [-0.2, 0) is 5.72 Å². The molecule has 1 aromatic carbocycles. The molecule has 2 rings (SSSR count). The van der Waals surface area contributed by atoms with Crippen LogP contribution in [0.25, 0.3) is 0 Å². The molecular weight excluding hydrogens is 168 g/mol. The Bertz CT molecular complexity index is 337. The molecule has 1 unspecified atom stereocenters. The molecule has 0 aromatic heterocycles. The Balaban J connectivity index is 2.37. The molecule has 1 heterocycles. The first-order chi connectivity index (χ1) is 6.21. The van der Waals surface area contributed by atoms with E-state index in [1.54, 1.807) is 12.1 Å². The largest absolute Gasteiger partial charge is 0.494 e. The number of hydrazine groups is 1. The summed E-state index contributed by atoms with van der Waals surface area (Å²) in [7, 11) is 0. The highest BCUT2D eigenvalue weighted by atomic mass is 16.3. The van der Waals surface area contributed by atoms with Crippen molar-refractivity contribution in [3.63, 3.8) is 0 Å². The second kappa shape index (κ2) is 2.76. The number of nitrogens with one attached hydrogen (secondary N) is 2. The number of aliphatic hydroxyl groups is 2. The average Bonchev–Trinajstić information content (AvgIpc) is 2.49. The highest BCUT2D eigenvalue weighted by Crippen LogP contribution is 2.22. The molecule has 4 heteroatoms. The van der Waals surface area contributed by atoms with Crippen LogP contribution in [0.4, 0.5) is 0 Å². The Labute approximate surface area is 75.5 Å². The Hall–Kier alpha value is -1.52. The summed E-state index contributed by atoms with van der Waals surface area (Å²) in [5.74, 6) is -0.0775. The van der Waals surface area contributed by atoms with Crippen molar-refractivity contribution in [3.8, 4) is 0 Å². The van der Waals surface area contributed by atoms with Crippen molar-refractivity contribution in [1.82, 2.24) is 10.9 Å². The van der Waals surface area contributed by atoms with Crippen molar-refractivity contribution in [1.29, 1.82) is 0 Å². The van der Waals surface area contributed by atoms with Crippen molar-refractivity contribution in [2.45, 2.75) is 5.72 Å². The van der Waals surface area contributed by atoms with Crippen molar-refractivity contribution >= 4 is 0 Å². The molecule has 0 saturated carbocycles. The van der Waals surface area contributed by atoms with Gasteiger partial charge >= 0.3 is 0 Å². The van der Waals surface area contributed by atoms with E-state index in [4.69, 9.17) is 5.11 Å². The normalized spacial score (nSPS) is 26.7. The van der Waals surface area contributed by atoms with Crippen molar-refractivity contribution in [2.24, 2.45) is 0 Å². The van der Waals surface area contributed by atoms with Gasteiger partial charge in [0, 0.05) is 11.6 Å². The van der Waals surface area contributed by atoms with Gasteiger partial charge in [-0.2, -0.15) is 5.43 Å². The van der Waals surface area contributed by atoms with Crippen LogP contribution in [0.5, 0.6) is 0 Å². The number of benzene rings is 1. The van der Waals surface area contributed by atoms with Gasteiger partial charge in [0.25, 0.3) is 0 Å². The van der Waals surface area contributed by atoms with Gasteiger partial charge in [0.2, 0.25) is 0 Å². The molecule has 0 fully saturated rings. The number of aliphatic hydroxyl groups excluding tert-OH is 1. The summed E-state index contributed by atoms with van der Waals surface area (Å²) in [6.45, 7) is 0.